The molecule has 1 saturated carbocycles. The van der Waals surface area contributed by atoms with Gasteiger partial charge in [-0.2, -0.15) is 0 Å². The summed E-state index contributed by atoms with van der Waals surface area (Å²) in [7, 11) is 1.54. The van der Waals surface area contributed by atoms with Crippen LogP contribution in [0.3, 0.4) is 0 Å². The van der Waals surface area contributed by atoms with Gasteiger partial charge in [0.2, 0.25) is 11.8 Å². The van der Waals surface area contributed by atoms with Crippen LogP contribution in [0.25, 0.3) is 10.9 Å². The Morgan fingerprint density at radius 1 is 0.915 bits per heavy atom. The molecule has 47 heavy (non-hydrogen) atoms. The summed E-state index contributed by atoms with van der Waals surface area (Å²) in [5.41, 5.74) is -0.518. The molecule has 1 aliphatic heterocycles. The molecule has 0 bridgehead atoms. The van der Waals surface area contributed by atoms with Crippen molar-refractivity contribution in [3.8, 4) is 28.7 Å². The highest BCUT2D eigenvalue weighted by Gasteiger charge is 2.56. The Morgan fingerprint density at radius 3 is 2.32 bits per heavy atom. The molecule has 2 amide bonds. The summed E-state index contributed by atoms with van der Waals surface area (Å²) < 4.78 is 51.5. The van der Waals surface area contributed by atoms with E-state index in [-0.39, 0.29) is 30.0 Å². The summed E-state index contributed by atoms with van der Waals surface area (Å²) in [6.07, 6.45) is 2.94. The van der Waals surface area contributed by atoms with Crippen molar-refractivity contribution in [1.29, 1.82) is 0 Å². The van der Waals surface area contributed by atoms with E-state index in [0.29, 0.717) is 34.8 Å². The second-order valence-electron chi connectivity index (χ2n) is 11.4. The number of anilines is 2. The standard InChI is InChI=1S/C34H34F2N4O7/c1-44-30-19-23-26(20-31(30)46-14-2-11-40-12-15-45-16-13-40)37-10-7-28(23)47-29-6-4-21(17-25(29)36)38-32(42)34(8-9-34)33(43)39-22-3-5-24(35)27(41)18-22/h3-7,10,17-20,41H,2,8-9,11-16H2,1H3,(H,38,42)(H,39,43). The molecular formula is C34H34F2N4O7. The Morgan fingerprint density at radius 2 is 1.64 bits per heavy atom. The van der Waals surface area contributed by atoms with E-state index in [1.165, 1.54) is 25.3 Å². The quantitative estimate of drug-likeness (QED) is 0.135. The van der Waals surface area contributed by atoms with E-state index in [4.69, 9.17) is 18.9 Å². The normalized spacial score (nSPS) is 15.6. The van der Waals surface area contributed by atoms with Crippen LogP contribution in [0.5, 0.6) is 28.7 Å². The van der Waals surface area contributed by atoms with Crippen molar-refractivity contribution in [3.05, 3.63) is 72.4 Å². The molecule has 2 fully saturated rings. The van der Waals surface area contributed by atoms with Gasteiger partial charge in [0.15, 0.2) is 34.6 Å². The highest BCUT2D eigenvalue weighted by Crippen LogP contribution is 2.48. The van der Waals surface area contributed by atoms with Crippen molar-refractivity contribution in [1.82, 2.24) is 9.88 Å². The molecule has 0 radical (unpaired) electrons. The predicted molar refractivity (Wildman–Crippen MR) is 169 cm³/mol. The maximum atomic E-state index is 15.3. The van der Waals surface area contributed by atoms with Gasteiger partial charge >= 0.3 is 0 Å². The van der Waals surface area contributed by atoms with Crippen molar-refractivity contribution >= 4 is 34.1 Å². The topological polar surface area (TPSA) is 131 Å². The van der Waals surface area contributed by atoms with E-state index in [1.807, 2.05) is 0 Å². The lowest BCUT2D eigenvalue weighted by molar-refractivity contribution is -0.131. The summed E-state index contributed by atoms with van der Waals surface area (Å²) >= 11 is 0. The molecule has 11 nitrogen and oxygen atoms in total. The minimum atomic E-state index is -1.37. The first-order valence-electron chi connectivity index (χ1n) is 15.2. The maximum Gasteiger partial charge on any atom is 0.240 e. The average molecular weight is 649 g/mol. The number of aromatic nitrogens is 1. The van der Waals surface area contributed by atoms with Gasteiger partial charge in [0.1, 0.15) is 11.2 Å². The van der Waals surface area contributed by atoms with Gasteiger partial charge in [0, 0.05) is 60.8 Å². The molecule has 246 valence electrons. The Kier molecular flexibility index (Phi) is 9.36. The average Bonchev–Trinajstić information content (AvgIpc) is 3.89. The van der Waals surface area contributed by atoms with E-state index in [2.05, 4.69) is 20.5 Å². The zero-order valence-electron chi connectivity index (χ0n) is 25.7. The fourth-order valence-corrected chi connectivity index (χ4v) is 5.34. The largest absolute Gasteiger partial charge is 0.505 e. The van der Waals surface area contributed by atoms with Gasteiger partial charge in [0.05, 0.1) is 32.4 Å². The molecule has 3 aromatic carbocycles. The first kappa shape index (κ1) is 32.0. The van der Waals surface area contributed by atoms with Crippen LogP contribution in [0, 0.1) is 17.0 Å². The number of pyridine rings is 1. The number of phenolic OH excluding ortho intramolecular Hbond substituents is 1. The molecule has 3 N–H and O–H groups in total. The molecule has 1 saturated heterocycles. The van der Waals surface area contributed by atoms with E-state index >= 15 is 4.39 Å². The lowest BCUT2D eigenvalue weighted by Crippen LogP contribution is -2.37. The summed E-state index contributed by atoms with van der Waals surface area (Å²) in [5.74, 6) is -2.15. The molecule has 0 atom stereocenters. The number of halogens is 2. The third-order valence-electron chi connectivity index (χ3n) is 8.20. The van der Waals surface area contributed by atoms with Gasteiger partial charge in [-0.1, -0.05) is 0 Å². The molecule has 1 aliphatic carbocycles. The van der Waals surface area contributed by atoms with E-state index in [1.54, 1.807) is 24.4 Å². The van der Waals surface area contributed by atoms with Crippen LogP contribution in [0.2, 0.25) is 0 Å². The van der Waals surface area contributed by atoms with Crippen molar-refractivity contribution < 1.29 is 42.4 Å². The number of fused-ring (bicyclic) bond motifs is 1. The Labute approximate surface area is 269 Å². The van der Waals surface area contributed by atoms with Crippen molar-refractivity contribution in [2.75, 3.05) is 57.2 Å². The van der Waals surface area contributed by atoms with Gasteiger partial charge in [-0.3, -0.25) is 19.5 Å². The lowest BCUT2D eigenvalue weighted by atomic mass is 10.0. The molecule has 2 aliphatic rings. The zero-order chi connectivity index (χ0) is 33.0. The number of methoxy groups -OCH3 is 1. The van der Waals surface area contributed by atoms with Gasteiger partial charge in [-0.15, -0.1) is 0 Å². The number of aromatic hydroxyl groups is 1. The van der Waals surface area contributed by atoms with Crippen molar-refractivity contribution in [2.45, 2.75) is 19.3 Å². The van der Waals surface area contributed by atoms with Crippen molar-refractivity contribution in [2.24, 2.45) is 5.41 Å². The summed E-state index contributed by atoms with van der Waals surface area (Å²) in [5, 5.41) is 15.3. The predicted octanol–water partition coefficient (Wildman–Crippen LogP) is 5.48. The number of amides is 2. The second-order valence-corrected chi connectivity index (χ2v) is 11.4. The van der Waals surface area contributed by atoms with Crippen LogP contribution in [-0.2, 0) is 14.3 Å². The van der Waals surface area contributed by atoms with Crippen LogP contribution in [0.4, 0.5) is 20.2 Å². The lowest BCUT2D eigenvalue weighted by Gasteiger charge is -2.26. The fourth-order valence-electron chi connectivity index (χ4n) is 5.34. The molecular weight excluding hydrogens is 614 g/mol. The molecule has 4 aromatic rings. The molecule has 2 heterocycles. The number of carbonyl (C=O) groups excluding carboxylic acids is 2. The Balaban J connectivity index is 1.10. The number of nitrogens with one attached hydrogen (secondary N) is 2. The first-order chi connectivity index (χ1) is 22.8. The number of phenols is 1. The highest BCUT2D eigenvalue weighted by atomic mass is 19.1. The Bertz CT molecular complexity index is 1790. The van der Waals surface area contributed by atoms with Crippen molar-refractivity contribution in [3.63, 3.8) is 0 Å². The minimum absolute atomic E-state index is 0.0899. The fraction of sp³-hybridized carbons (Fsp3) is 0.324. The third kappa shape index (κ3) is 7.21. The minimum Gasteiger partial charge on any atom is -0.505 e. The molecule has 0 spiro atoms. The number of hydrogen-bond acceptors (Lipinski definition) is 9. The van der Waals surface area contributed by atoms with Crippen LogP contribution >= 0.6 is 0 Å². The Hall–Kier alpha value is -5.01. The summed E-state index contributed by atoms with van der Waals surface area (Å²) in [6, 6.07) is 12.4. The smallest absolute Gasteiger partial charge is 0.240 e. The monoisotopic (exact) mass is 648 g/mol. The molecule has 13 heteroatoms. The maximum absolute atomic E-state index is 15.3. The van der Waals surface area contributed by atoms with Crippen LogP contribution in [0.15, 0.2) is 60.8 Å². The summed E-state index contributed by atoms with van der Waals surface area (Å²) in [6.45, 7) is 4.72. The number of hydrogen-bond donors (Lipinski definition) is 3. The van der Waals surface area contributed by atoms with Gasteiger partial charge in [0.25, 0.3) is 0 Å². The zero-order valence-corrected chi connectivity index (χ0v) is 25.7. The second kappa shape index (κ2) is 13.8. The highest BCUT2D eigenvalue weighted by molar-refractivity contribution is 6.17. The number of rotatable bonds is 12. The number of morpholine rings is 1. The van der Waals surface area contributed by atoms with Crippen LogP contribution < -0.4 is 24.8 Å². The molecule has 1 aromatic heterocycles. The third-order valence-corrected chi connectivity index (χ3v) is 8.20. The van der Waals surface area contributed by atoms with Gasteiger partial charge in [-0.05, 0) is 55.7 Å². The van der Waals surface area contributed by atoms with E-state index in [0.717, 1.165) is 57.5 Å². The SMILES string of the molecule is COc1cc2c(Oc3ccc(NC(=O)C4(C(=O)Nc5ccc(F)c(O)c5)CC4)cc3F)ccnc2cc1OCCCN1CCOCC1. The molecule has 6 rings (SSSR count). The van der Waals surface area contributed by atoms with E-state index in [9.17, 15) is 19.1 Å². The van der Waals surface area contributed by atoms with E-state index < -0.39 is 34.6 Å². The van der Waals surface area contributed by atoms with Crippen LogP contribution in [-0.4, -0.2) is 73.4 Å². The first-order valence-corrected chi connectivity index (χ1v) is 15.2. The van der Waals surface area contributed by atoms with Gasteiger partial charge in [-0.25, -0.2) is 8.78 Å². The molecule has 0 unspecified atom stereocenters. The van der Waals surface area contributed by atoms with Gasteiger partial charge < -0.3 is 34.7 Å². The number of ether oxygens (including phenoxy) is 4. The van der Waals surface area contributed by atoms with Crippen LogP contribution in [0.1, 0.15) is 19.3 Å². The number of carbonyl (C=O) groups is 2. The summed E-state index contributed by atoms with van der Waals surface area (Å²) in [4.78, 5) is 32.7. The number of nitrogens with zero attached hydrogens (tertiary/aromatic N) is 2. The number of benzene rings is 3.